The number of carboxylic acid groups (broad SMARTS) is 1. The first-order valence-corrected chi connectivity index (χ1v) is 6.67. The van der Waals surface area contributed by atoms with Gasteiger partial charge >= 0.3 is 5.97 Å². The highest BCUT2D eigenvalue weighted by Gasteiger charge is 2.23. The third-order valence-electron chi connectivity index (χ3n) is 2.24. The summed E-state index contributed by atoms with van der Waals surface area (Å²) in [5, 5.41) is 26.6. The number of carboxylic acids is 1. The van der Waals surface area contributed by atoms with Gasteiger partial charge in [0.2, 0.25) is 10.0 Å². The maximum Gasteiger partial charge on any atom is 0.337 e. The van der Waals surface area contributed by atoms with E-state index in [1.54, 1.807) is 0 Å². The Bertz CT molecular complexity index is 571. The molecule has 1 unspecified atom stereocenters. The SMILES string of the molecule is Nc1ccc(S(=O)(=O)NCC(O)CO)c(C(=O)O)c1. The van der Waals surface area contributed by atoms with Crippen molar-refractivity contribution in [3.8, 4) is 0 Å². The normalized spacial score (nSPS) is 13.2. The highest BCUT2D eigenvalue weighted by Crippen LogP contribution is 2.18. The Kier molecular flexibility index (Phi) is 4.84. The fourth-order valence-electron chi connectivity index (χ4n) is 1.30. The number of nitrogens with one attached hydrogen (secondary N) is 1. The van der Waals surface area contributed by atoms with Crippen LogP contribution in [0.2, 0.25) is 0 Å². The van der Waals surface area contributed by atoms with Crippen molar-refractivity contribution in [1.82, 2.24) is 4.72 Å². The van der Waals surface area contributed by atoms with Crippen molar-refractivity contribution in [1.29, 1.82) is 0 Å². The molecule has 1 aromatic carbocycles. The monoisotopic (exact) mass is 290 g/mol. The Morgan fingerprint density at radius 2 is 2.05 bits per heavy atom. The molecule has 1 atom stereocenters. The predicted molar refractivity (Wildman–Crippen MR) is 66.1 cm³/mol. The summed E-state index contributed by atoms with van der Waals surface area (Å²) in [5.74, 6) is -1.43. The smallest absolute Gasteiger partial charge is 0.337 e. The third-order valence-corrected chi connectivity index (χ3v) is 3.73. The number of sulfonamides is 1. The molecule has 106 valence electrons. The van der Waals surface area contributed by atoms with Gasteiger partial charge in [0.1, 0.15) is 0 Å². The number of rotatable bonds is 6. The summed E-state index contributed by atoms with van der Waals surface area (Å²) in [6.07, 6.45) is -1.27. The van der Waals surface area contributed by atoms with E-state index in [-0.39, 0.29) is 5.69 Å². The number of nitrogens with two attached hydrogens (primary N) is 1. The van der Waals surface area contributed by atoms with Gasteiger partial charge in [-0.15, -0.1) is 0 Å². The van der Waals surface area contributed by atoms with Gasteiger partial charge in [0.05, 0.1) is 23.2 Å². The fourth-order valence-corrected chi connectivity index (χ4v) is 2.55. The molecule has 0 amide bonds. The van der Waals surface area contributed by atoms with Gasteiger partial charge in [-0.05, 0) is 18.2 Å². The lowest BCUT2D eigenvalue weighted by molar-refractivity contribution is 0.0692. The van der Waals surface area contributed by atoms with Crippen LogP contribution < -0.4 is 10.5 Å². The van der Waals surface area contributed by atoms with Crippen molar-refractivity contribution in [3.05, 3.63) is 23.8 Å². The summed E-state index contributed by atoms with van der Waals surface area (Å²) in [4.78, 5) is 10.5. The number of nitrogen functional groups attached to an aromatic ring is 1. The topological polar surface area (TPSA) is 150 Å². The predicted octanol–water partition coefficient (Wildman–Crippen LogP) is -1.40. The summed E-state index contributed by atoms with van der Waals surface area (Å²) < 4.78 is 25.8. The highest BCUT2D eigenvalue weighted by molar-refractivity contribution is 7.89. The van der Waals surface area contributed by atoms with E-state index in [0.29, 0.717) is 0 Å². The highest BCUT2D eigenvalue weighted by atomic mass is 32.2. The zero-order valence-electron chi connectivity index (χ0n) is 9.78. The van der Waals surface area contributed by atoms with Crippen LogP contribution >= 0.6 is 0 Å². The van der Waals surface area contributed by atoms with Crippen molar-refractivity contribution < 1.29 is 28.5 Å². The summed E-state index contributed by atoms with van der Waals surface area (Å²) in [5.41, 5.74) is 5.05. The number of hydrogen-bond acceptors (Lipinski definition) is 6. The van der Waals surface area contributed by atoms with Crippen molar-refractivity contribution in [2.45, 2.75) is 11.0 Å². The average molecular weight is 290 g/mol. The van der Waals surface area contributed by atoms with E-state index in [2.05, 4.69) is 0 Å². The zero-order valence-corrected chi connectivity index (χ0v) is 10.6. The molecule has 1 aromatic rings. The van der Waals surface area contributed by atoms with Gasteiger partial charge in [-0.25, -0.2) is 17.9 Å². The molecule has 9 heteroatoms. The molecular formula is C10H14N2O6S. The van der Waals surface area contributed by atoms with Crippen LogP contribution in [0.1, 0.15) is 10.4 Å². The molecular weight excluding hydrogens is 276 g/mol. The minimum Gasteiger partial charge on any atom is -0.478 e. The molecule has 0 aliphatic rings. The van der Waals surface area contributed by atoms with E-state index >= 15 is 0 Å². The molecule has 0 bridgehead atoms. The molecule has 0 radical (unpaired) electrons. The van der Waals surface area contributed by atoms with Crippen molar-refractivity contribution in [3.63, 3.8) is 0 Å². The van der Waals surface area contributed by atoms with Gasteiger partial charge in [0.15, 0.2) is 0 Å². The second kappa shape index (κ2) is 5.97. The van der Waals surface area contributed by atoms with Crippen LogP contribution in [0.4, 0.5) is 5.69 Å². The molecule has 0 saturated heterocycles. The first-order valence-electron chi connectivity index (χ1n) is 5.19. The number of anilines is 1. The van der Waals surface area contributed by atoms with Crippen LogP contribution in [0.5, 0.6) is 0 Å². The van der Waals surface area contributed by atoms with Crippen LogP contribution in [0.25, 0.3) is 0 Å². The molecule has 1 rings (SSSR count). The first kappa shape index (κ1) is 15.4. The van der Waals surface area contributed by atoms with Gasteiger partial charge in [0.25, 0.3) is 0 Å². The second-order valence-corrected chi connectivity index (χ2v) is 5.48. The Balaban J connectivity index is 3.11. The van der Waals surface area contributed by atoms with Crippen LogP contribution in [0, 0.1) is 0 Å². The number of aromatic carboxylic acids is 1. The van der Waals surface area contributed by atoms with E-state index in [1.807, 2.05) is 4.72 Å². The van der Waals surface area contributed by atoms with Crippen LogP contribution in [0.3, 0.4) is 0 Å². The van der Waals surface area contributed by atoms with Crippen LogP contribution in [0.15, 0.2) is 23.1 Å². The largest absolute Gasteiger partial charge is 0.478 e. The molecule has 0 heterocycles. The van der Waals surface area contributed by atoms with E-state index in [4.69, 9.17) is 21.1 Å². The van der Waals surface area contributed by atoms with Crippen LogP contribution in [-0.2, 0) is 10.0 Å². The Morgan fingerprint density at radius 1 is 1.42 bits per heavy atom. The summed E-state index contributed by atoms with van der Waals surface area (Å²) in [7, 11) is -4.12. The summed E-state index contributed by atoms with van der Waals surface area (Å²) >= 11 is 0. The summed E-state index contributed by atoms with van der Waals surface area (Å²) in [6, 6.07) is 3.34. The number of aliphatic hydroxyl groups is 2. The minimum atomic E-state index is -4.12. The van der Waals surface area contributed by atoms with Crippen molar-refractivity contribution in [2.24, 2.45) is 0 Å². The standard InChI is InChI=1S/C10H14N2O6S/c11-6-1-2-9(8(3-6)10(15)16)19(17,18)12-4-7(14)5-13/h1-3,7,12-14H,4-5,11H2,(H,15,16). The quantitative estimate of drug-likeness (QED) is 0.404. The van der Waals surface area contributed by atoms with Gasteiger partial charge in [-0.2, -0.15) is 0 Å². The molecule has 0 aliphatic heterocycles. The lowest BCUT2D eigenvalue weighted by atomic mass is 10.2. The first-order chi connectivity index (χ1) is 8.77. The van der Waals surface area contributed by atoms with E-state index in [9.17, 15) is 13.2 Å². The van der Waals surface area contributed by atoms with E-state index in [1.165, 1.54) is 6.07 Å². The molecule has 6 N–H and O–H groups in total. The van der Waals surface area contributed by atoms with Gasteiger partial charge < -0.3 is 21.1 Å². The lowest BCUT2D eigenvalue weighted by Crippen LogP contribution is -2.34. The summed E-state index contributed by atoms with van der Waals surface area (Å²) in [6.45, 7) is -1.04. The Hall–Kier alpha value is -1.68. The maximum absolute atomic E-state index is 11.9. The van der Waals surface area contributed by atoms with Crippen LogP contribution in [-0.4, -0.2) is 49.0 Å². The molecule has 0 aromatic heterocycles. The molecule has 19 heavy (non-hydrogen) atoms. The van der Waals surface area contributed by atoms with Crippen molar-refractivity contribution in [2.75, 3.05) is 18.9 Å². The van der Waals surface area contributed by atoms with E-state index < -0.39 is 45.7 Å². The average Bonchev–Trinajstić information content (AvgIpc) is 2.35. The molecule has 0 spiro atoms. The van der Waals surface area contributed by atoms with E-state index in [0.717, 1.165) is 12.1 Å². The molecule has 8 nitrogen and oxygen atoms in total. The number of hydrogen-bond donors (Lipinski definition) is 5. The fraction of sp³-hybridized carbons (Fsp3) is 0.300. The second-order valence-electron chi connectivity index (χ2n) is 3.75. The molecule has 0 saturated carbocycles. The Morgan fingerprint density at radius 3 is 2.58 bits per heavy atom. The zero-order chi connectivity index (χ0) is 14.6. The maximum atomic E-state index is 11.9. The number of carbonyl (C=O) groups is 1. The molecule has 0 aliphatic carbocycles. The third kappa shape index (κ3) is 3.89. The lowest BCUT2D eigenvalue weighted by Gasteiger charge is -2.12. The van der Waals surface area contributed by atoms with Gasteiger partial charge in [0, 0.05) is 12.2 Å². The van der Waals surface area contributed by atoms with Crippen molar-refractivity contribution >= 4 is 21.7 Å². The Labute approximate surface area is 109 Å². The number of benzene rings is 1. The minimum absolute atomic E-state index is 0.117. The number of aliphatic hydroxyl groups excluding tert-OH is 2. The van der Waals surface area contributed by atoms with Gasteiger partial charge in [-0.1, -0.05) is 0 Å². The van der Waals surface area contributed by atoms with Gasteiger partial charge in [-0.3, -0.25) is 0 Å². The molecule has 0 fully saturated rings.